The smallest absolute Gasteiger partial charge is 0.221 e. The van der Waals surface area contributed by atoms with Crippen molar-refractivity contribution in [2.24, 2.45) is 0 Å². The number of carbonyl (C=O) groups excluding carboxylic acids is 1. The van der Waals surface area contributed by atoms with E-state index in [1.807, 2.05) is 0 Å². The molecule has 11 heavy (non-hydrogen) atoms. The van der Waals surface area contributed by atoms with E-state index in [9.17, 15) is 4.79 Å². The molecule has 0 radical (unpaired) electrons. The third kappa shape index (κ3) is 7.33. The maximum atomic E-state index is 10.7. The van der Waals surface area contributed by atoms with Gasteiger partial charge in [-0.15, -0.1) is 0 Å². The van der Waals surface area contributed by atoms with Gasteiger partial charge in [0, 0.05) is 25.6 Å². The van der Waals surface area contributed by atoms with Crippen LogP contribution < -0.4 is 10.6 Å². The zero-order valence-electron chi connectivity index (χ0n) is 7.82. The van der Waals surface area contributed by atoms with Gasteiger partial charge in [-0.1, -0.05) is 0 Å². The Balaban J connectivity index is 3.35. The minimum Gasteiger partial charge on any atom is -0.359 e. The van der Waals surface area contributed by atoms with Crippen molar-refractivity contribution in [3.63, 3.8) is 0 Å². The Bertz CT molecular complexity index is 127. The van der Waals surface area contributed by atoms with Gasteiger partial charge >= 0.3 is 0 Å². The molecule has 0 saturated carbocycles. The van der Waals surface area contributed by atoms with Crippen LogP contribution in [-0.2, 0) is 4.79 Å². The van der Waals surface area contributed by atoms with Crippen molar-refractivity contribution in [1.82, 2.24) is 10.6 Å². The van der Waals surface area contributed by atoms with Crippen LogP contribution in [0.2, 0.25) is 0 Å². The highest BCUT2D eigenvalue weighted by Crippen LogP contribution is 1.97. The summed E-state index contributed by atoms with van der Waals surface area (Å²) in [4.78, 5) is 10.7. The van der Waals surface area contributed by atoms with E-state index in [1.54, 1.807) is 7.05 Å². The molecule has 0 saturated heterocycles. The predicted octanol–water partition coefficient (Wildman–Crippen LogP) is 0.511. The maximum Gasteiger partial charge on any atom is 0.221 e. The fourth-order valence-corrected chi connectivity index (χ4v) is 0.676. The van der Waals surface area contributed by atoms with Gasteiger partial charge in [0.25, 0.3) is 0 Å². The van der Waals surface area contributed by atoms with Crippen molar-refractivity contribution < 1.29 is 4.79 Å². The van der Waals surface area contributed by atoms with Crippen LogP contribution in [0.5, 0.6) is 0 Å². The Morgan fingerprint density at radius 2 is 1.91 bits per heavy atom. The van der Waals surface area contributed by atoms with Gasteiger partial charge in [0.15, 0.2) is 0 Å². The van der Waals surface area contributed by atoms with E-state index in [-0.39, 0.29) is 11.4 Å². The predicted molar refractivity (Wildman–Crippen MR) is 46.4 cm³/mol. The Morgan fingerprint density at radius 3 is 2.27 bits per heavy atom. The standard InChI is InChI=1S/C8H18N2O/c1-8(2,3)10-6-5-7(11)9-4/h10H,5-6H2,1-4H3,(H,9,11). The molecule has 0 aromatic heterocycles. The van der Waals surface area contributed by atoms with Crippen molar-refractivity contribution in [2.45, 2.75) is 32.7 Å². The van der Waals surface area contributed by atoms with Gasteiger partial charge in [-0.25, -0.2) is 0 Å². The first-order valence-corrected chi connectivity index (χ1v) is 3.91. The van der Waals surface area contributed by atoms with Crippen LogP contribution in [0.3, 0.4) is 0 Å². The monoisotopic (exact) mass is 158 g/mol. The quantitative estimate of drug-likeness (QED) is 0.628. The summed E-state index contributed by atoms with van der Waals surface area (Å²) >= 11 is 0. The molecule has 2 N–H and O–H groups in total. The molecule has 0 fully saturated rings. The highest BCUT2D eigenvalue weighted by atomic mass is 16.1. The van der Waals surface area contributed by atoms with E-state index >= 15 is 0 Å². The Hall–Kier alpha value is -0.570. The van der Waals surface area contributed by atoms with Crippen molar-refractivity contribution >= 4 is 5.91 Å². The molecule has 0 atom stereocenters. The van der Waals surface area contributed by atoms with Gasteiger partial charge in [0.1, 0.15) is 0 Å². The van der Waals surface area contributed by atoms with E-state index in [0.29, 0.717) is 6.42 Å². The van der Waals surface area contributed by atoms with E-state index in [0.717, 1.165) is 6.54 Å². The Morgan fingerprint density at radius 1 is 1.36 bits per heavy atom. The molecular formula is C8H18N2O. The van der Waals surface area contributed by atoms with Crippen molar-refractivity contribution in [2.75, 3.05) is 13.6 Å². The second-order valence-electron chi connectivity index (χ2n) is 3.60. The van der Waals surface area contributed by atoms with Crippen LogP contribution >= 0.6 is 0 Å². The number of hydrogen-bond donors (Lipinski definition) is 2. The molecule has 0 heterocycles. The fraction of sp³-hybridized carbons (Fsp3) is 0.875. The van der Waals surface area contributed by atoms with E-state index in [1.165, 1.54) is 0 Å². The number of nitrogens with one attached hydrogen (secondary N) is 2. The second kappa shape index (κ2) is 4.34. The summed E-state index contributed by atoms with van der Waals surface area (Å²) in [5.74, 6) is 0.0850. The molecular weight excluding hydrogens is 140 g/mol. The zero-order chi connectivity index (χ0) is 8.91. The van der Waals surface area contributed by atoms with Crippen LogP contribution in [0.15, 0.2) is 0 Å². The molecule has 0 aromatic rings. The fourth-order valence-electron chi connectivity index (χ4n) is 0.676. The van der Waals surface area contributed by atoms with E-state index < -0.39 is 0 Å². The molecule has 0 rings (SSSR count). The summed E-state index contributed by atoms with van der Waals surface area (Å²) in [5.41, 5.74) is 0.105. The van der Waals surface area contributed by atoms with Crippen LogP contribution in [0, 0.1) is 0 Å². The second-order valence-corrected chi connectivity index (χ2v) is 3.60. The van der Waals surface area contributed by atoms with Crippen LogP contribution in [0.1, 0.15) is 27.2 Å². The molecule has 0 unspecified atom stereocenters. The molecule has 0 aliphatic heterocycles. The molecule has 0 aromatic carbocycles. The first-order chi connectivity index (χ1) is 4.95. The molecule has 3 heteroatoms. The summed E-state index contributed by atoms with van der Waals surface area (Å²) in [6, 6.07) is 0. The molecule has 0 bridgehead atoms. The molecule has 0 aliphatic carbocycles. The number of rotatable bonds is 3. The molecule has 0 spiro atoms. The lowest BCUT2D eigenvalue weighted by atomic mass is 10.1. The third-order valence-electron chi connectivity index (χ3n) is 1.29. The first-order valence-electron chi connectivity index (χ1n) is 3.91. The lowest BCUT2D eigenvalue weighted by Gasteiger charge is -2.19. The van der Waals surface area contributed by atoms with Crippen molar-refractivity contribution in [3.05, 3.63) is 0 Å². The lowest BCUT2D eigenvalue weighted by molar-refractivity contribution is -0.120. The topological polar surface area (TPSA) is 41.1 Å². The van der Waals surface area contributed by atoms with Crippen LogP contribution in [0.4, 0.5) is 0 Å². The molecule has 66 valence electrons. The summed E-state index contributed by atoms with van der Waals surface area (Å²) in [6.07, 6.45) is 0.549. The van der Waals surface area contributed by atoms with Crippen LogP contribution in [-0.4, -0.2) is 25.0 Å². The summed E-state index contributed by atoms with van der Waals surface area (Å²) in [7, 11) is 1.65. The average molecular weight is 158 g/mol. The number of amides is 1. The summed E-state index contributed by atoms with van der Waals surface area (Å²) in [5, 5.41) is 5.80. The van der Waals surface area contributed by atoms with Gasteiger partial charge in [0.05, 0.1) is 0 Å². The highest BCUT2D eigenvalue weighted by Gasteiger charge is 2.08. The van der Waals surface area contributed by atoms with Crippen LogP contribution in [0.25, 0.3) is 0 Å². The first kappa shape index (κ1) is 10.4. The average Bonchev–Trinajstić information content (AvgIpc) is 1.85. The third-order valence-corrected chi connectivity index (χ3v) is 1.29. The van der Waals surface area contributed by atoms with Gasteiger partial charge in [-0.05, 0) is 20.8 Å². The lowest BCUT2D eigenvalue weighted by Crippen LogP contribution is -2.38. The SMILES string of the molecule is CNC(=O)CCNC(C)(C)C. The van der Waals surface area contributed by atoms with E-state index in [4.69, 9.17) is 0 Å². The summed E-state index contributed by atoms with van der Waals surface area (Å²) < 4.78 is 0. The number of hydrogen-bond acceptors (Lipinski definition) is 2. The normalized spacial score (nSPS) is 11.3. The van der Waals surface area contributed by atoms with Gasteiger partial charge in [-0.2, -0.15) is 0 Å². The summed E-state index contributed by atoms with van der Waals surface area (Å²) in [6.45, 7) is 6.98. The largest absolute Gasteiger partial charge is 0.359 e. The van der Waals surface area contributed by atoms with Gasteiger partial charge in [0.2, 0.25) is 5.91 Å². The Labute approximate surface area is 68.6 Å². The molecule has 0 aliphatic rings. The van der Waals surface area contributed by atoms with Gasteiger partial charge in [-0.3, -0.25) is 4.79 Å². The van der Waals surface area contributed by atoms with Gasteiger partial charge < -0.3 is 10.6 Å². The number of carbonyl (C=O) groups is 1. The zero-order valence-corrected chi connectivity index (χ0v) is 7.82. The highest BCUT2D eigenvalue weighted by molar-refractivity contribution is 5.75. The minimum atomic E-state index is 0.0850. The Kier molecular flexibility index (Phi) is 4.11. The molecule has 3 nitrogen and oxygen atoms in total. The van der Waals surface area contributed by atoms with Crippen molar-refractivity contribution in [1.29, 1.82) is 0 Å². The maximum absolute atomic E-state index is 10.7. The van der Waals surface area contributed by atoms with E-state index in [2.05, 4.69) is 31.4 Å². The van der Waals surface area contributed by atoms with Crippen molar-refractivity contribution in [3.8, 4) is 0 Å². The minimum absolute atomic E-state index is 0.0850. The molecule has 1 amide bonds.